The van der Waals surface area contributed by atoms with Crippen molar-refractivity contribution in [1.82, 2.24) is 9.80 Å². The Bertz CT molecular complexity index is 1020. The second kappa shape index (κ2) is 8.45. The third-order valence-electron chi connectivity index (χ3n) is 6.68. The molecule has 0 bridgehead atoms. The highest BCUT2D eigenvalue weighted by molar-refractivity contribution is 7.14. The molecule has 172 valence electrons. The number of hydrogen-bond acceptors (Lipinski definition) is 7. The molecule has 1 aromatic carbocycles. The van der Waals surface area contributed by atoms with Crippen LogP contribution in [0.2, 0.25) is 0 Å². The maximum absolute atomic E-state index is 10.2. The second-order valence-corrected chi connectivity index (χ2v) is 11.0. The van der Waals surface area contributed by atoms with Crippen LogP contribution in [0.3, 0.4) is 0 Å². The summed E-state index contributed by atoms with van der Waals surface area (Å²) < 4.78 is 11.6. The van der Waals surface area contributed by atoms with Gasteiger partial charge >= 0.3 is 0 Å². The summed E-state index contributed by atoms with van der Waals surface area (Å²) in [6.07, 6.45) is 1.80. The average molecular weight is 456 g/mol. The molecule has 1 saturated carbocycles. The van der Waals surface area contributed by atoms with Gasteiger partial charge in [0.2, 0.25) is 0 Å². The number of aliphatic hydroxyl groups excluding tert-OH is 1. The van der Waals surface area contributed by atoms with E-state index >= 15 is 0 Å². The Balaban J connectivity index is 1.39. The van der Waals surface area contributed by atoms with E-state index in [9.17, 15) is 5.11 Å². The minimum absolute atomic E-state index is 0.318. The van der Waals surface area contributed by atoms with E-state index in [2.05, 4.69) is 54.8 Å². The molecule has 1 saturated heterocycles. The lowest BCUT2D eigenvalue weighted by Crippen LogP contribution is -2.52. The Kier molecular flexibility index (Phi) is 5.78. The van der Waals surface area contributed by atoms with E-state index in [0.717, 1.165) is 60.6 Å². The fourth-order valence-corrected chi connectivity index (χ4v) is 5.78. The Hall–Kier alpha value is -1.93. The molecule has 3 heterocycles. The van der Waals surface area contributed by atoms with E-state index in [-0.39, 0.29) is 5.41 Å². The number of benzene rings is 1. The molecule has 1 aromatic heterocycles. The quantitative estimate of drug-likeness (QED) is 0.661. The zero-order valence-corrected chi connectivity index (χ0v) is 20.2. The fraction of sp³-hybridized carbons (Fsp3) is 0.560. The van der Waals surface area contributed by atoms with Crippen molar-refractivity contribution in [2.24, 2.45) is 10.4 Å². The van der Waals surface area contributed by atoms with Gasteiger partial charge in [-0.05, 0) is 49.4 Å². The molecule has 7 heteroatoms. The molecule has 0 spiro atoms. The van der Waals surface area contributed by atoms with Gasteiger partial charge in [0.05, 0.1) is 5.56 Å². The number of amidine groups is 1. The van der Waals surface area contributed by atoms with Crippen LogP contribution in [0.15, 0.2) is 29.3 Å². The van der Waals surface area contributed by atoms with Crippen LogP contribution in [-0.2, 0) is 4.74 Å². The van der Waals surface area contributed by atoms with Gasteiger partial charge in [-0.15, -0.1) is 11.3 Å². The number of rotatable bonds is 5. The average Bonchev–Trinajstić information content (AvgIpc) is 3.56. The van der Waals surface area contributed by atoms with Gasteiger partial charge in [-0.25, -0.2) is 4.99 Å². The first kappa shape index (κ1) is 21.9. The van der Waals surface area contributed by atoms with Gasteiger partial charge in [0.1, 0.15) is 11.5 Å². The number of aliphatic hydroxyl groups is 1. The van der Waals surface area contributed by atoms with Gasteiger partial charge in [-0.3, -0.25) is 4.90 Å². The summed E-state index contributed by atoms with van der Waals surface area (Å²) in [5.41, 5.74) is 2.89. The molecule has 1 unspecified atom stereocenters. The van der Waals surface area contributed by atoms with Gasteiger partial charge in [0, 0.05) is 50.1 Å². The van der Waals surface area contributed by atoms with E-state index in [1.807, 2.05) is 0 Å². The van der Waals surface area contributed by atoms with Crippen molar-refractivity contribution < 1.29 is 14.6 Å². The van der Waals surface area contributed by atoms with Crippen molar-refractivity contribution >= 4 is 22.9 Å². The van der Waals surface area contributed by atoms with Crippen LogP contribution in [0.5, 0.6) is 10.8 Å². The van der Waals surface area contributed by atoms with Crippen molar-refractivity contribution in [2.75, 3.05) is 39.8 Å². The monoisotopic (exact) mass is 455 g/mol. The number of fused-ring (bicyclic) bond motifs is 2. The van der Waals surface area contributed by atoms with Gasteiger partial charge in [0.25, 0.3) is 0 Å². The van der Waals surface area contributed by atoms with Crippen LogP contribution >= 0.6 is 11.3 Å². The molecular formula is C25H33N3O3S. The third-order valence-corrected chi connectivity index (χ3v) is 7.85. The molecule has 5 rings (SSSR count). The molecule has 3 aliphatic rings. The highest BCUT2D eigenvalue weighted by Gasteiger charge is 2.34. The molecule has 2 aliphatic heterocycles. The van der Waals surface area contributed by atoms with Crippen molar-refractivity contribution in [1.29, 1.82) is 0 Å². The van der Waals surface area contributed by atoms with Crippen LogP contribution in [0.25, 0.3) is 0 Å². The Morgan fingerprint density at radius 1 is 1.22 bits per heavy atom. The van der Waals surface area contributed by atoms with Crippen molar-refractivity contribution in [2.45, 2.75) is 45.8 Å². The summed E-state index contributed by atoms with van der Waals surface area (Å²) in [6.45, 7) is 10.6. The largest absolute Gasteiger partial charge is 0.444 e. The summed E-state index contributed by atoms with van der Waals surface area (Å²) in [7, 11) is 1.56. The Morgan fingerprint density at radius 3 is 2.66 bits per heavy atom. The van der Waals surface area contributed by atoms with E-state index in [0.29, 0.717) is 5.92 Å². The molecular weight excluding hydrogens is 422 g/mol. The summed E-state index contributed by atoms with van der Waals surface area (Å²) in [5.74, 6) is 2.57. The van der Waals surface area contributed by atoms with Gasteiger partial charge in [-0.1, -0.05) is 19.9 Å². The minimum atomic E-state index is -0.766. The van der Waals surface area contributed by atoms with E-state index < -0.39 is 6.29 Å². The molecule has 1 aliphatic carbocycles. The summed E-state index contributed by atoms with van der Waals surface area (Å²) in [4.78, 5) is 11.4. The number of piperazine rings is 1. The molecule has 2 aromatic rings. The zero-order chi connectivity index (χ0) is 22.5. The topological polar surface area (TPSA) is 57.5 Å². The highest BCUT2D eigenvalue weighted by Crippen LogP contribution is 2.50. The number of hydrogen-bond donors (Lipinski definition) is 1. The third kappa shape index (κ3) is 4.31. The number of ether oxygens (including phenoxy) is 2. The molecule has 2 fully saturated rings. The van der Waals surface area contributed by atoms with Crippen LogP contribution in [0.4, 0.5) is 5.69 Å². The molecule has 1 atom stereocenters. The molecule has 6 nitrogen and oxygen atoms in total. The molecule has 32 heavy (non-hydrogen) atoms. The number of thiophene rings is 1. The number of nitrogens with zero attached hydrogens (tertiary/aromatic N) is 3. The van der Waals surface area contributed by atoms with Crippen molar-refractivity contribution in [3.05, 3.63) is 40.3 Å². The predicted octanol–water partition coefficient (Wildman–Crippen LogP) is 4.73. The van der Waals surface area contributed by atoms with Gasteiger partial charge < -0.3 is 19.5 Å². The molecule has 0 radical (unpaired) electrons. The van der Waals surface area contributed by atoms with Gasteiger partial charge in [-0.2, -0.15) is 0 Å². The first-order valence-corrected chi connectivity index (χ1v) is 12.3. The number of aliphatic imine (C=N–C) groups is 1. The van der Waals surface area contributed by atoms with Crippen LogP contribution in [0.1, 0.15) is 48.6 Å². The summed E-state index contributed by atoms with van der Waals surface area (Å²) in [6, 6.07) is 8.57. The van der Waals surface area contributed by atoms with E-state index in [1.54, 1.807) is 18.4 Å². The lowest BCUT2D eigenvalue weighted by Gasteiger charge is -2.40. The summed E-state index contributed by atoms with van der Waals surface area (Å²) in [5, 5.41) is 11.2. The smallest absolute Gasteiger partial charge is 0.192 e. The van der Waals surface area contributed by atoms with Crippen LogP contribution in [0, 0.1) is 12.3 Å². The fourth-order valence-electron chi connectivity index (χ4n) is 4.60. The van der Waals surface area contributed by atoms with E-state index in [1.165, 1.54) is 23.3 Å². The van der Waals surface area contributed by atoms with Crippen molar-refractivity contribution in [3.63, 3.8) is 0 Å². The van der Waals surface area contributed by atoms with Crippen LogP contribution in [-0.4, -0.2) is 66.9 Å². The summed E-state index contributed by atoms with van der Waals surface area (Å²) >= 11 is 1.79. The maximum Gasteiger partial charge on any atom is 0.192 e. The second-order valence-electron chi connectivity index (χ2n) is 9.97. The molecule has 1 N–H and O–H groups in total. The predicted molar refractivity (Wildman–Crippen MR) is 129 cm³/mol. The molecule has 0 amide bonds. The SMILES string of the molecule is COC(O)C(C)(C)CN1CCN(C2=Nc3ccc(C)cc3Oc3sc(C4CC4)cc32)CC1. The van der Waals surface area contributed by atoms with Crippen LogP contribution < -0.4 is 4.74 Å². The van der Waals surface area contributed by atoms with Gasteiger partial charge in [0.15, 0.2) is 17.1 Å². The Morgan fingerprint density at radius 2 is 1.97 bits per heavy atom. The first-order chi connectivity index (χ1) is 15.3. The highest BCUT2D eigenvalue weighted by atomic mass is 32.1. The Labute approximate surface area is 194 Å². The first-order valence-electron chi connectivity index (χ1n) is 11.5. The lowest BCUT2D eigenvalue weighted by atomic mass is 9.91. The standard InChI is InChI=1S/C25H33N3O3S/c1-16-5-8-19-20(13-16)31-23-18(14-21(32-23)17-6-7-17)22(26-19)28-11-9-27(10-12-28)15-25(2,3)24(29)30-4/h5,8,13-14,17,24,29H,6-7,9-12,15H2,1-4H3. The van der Waals surface area contributed by atoms with E-state index in [4.69, 9.17) is 14.5 Å². The lowest BCUT2D eigenvalue weighted by molar-refractivity contribution is -0.153. The number of aryl methyl sites for hydroxylation is 1. The zero-order valence-electron chi connectivity index (χ0n) is 19.4. The normalized spacial score (nSPS) is 20.2. The maximum atomic E-state index is 10.2. The minimum Gasteiger partial charge on any atom is -0.444 e. The van der Waals surface area contributed by atoms with Crippen molar-refractivity contribution in [3.8, 4) is 10.8 Å². The number of methoxy groups -OCH3 is 1.